The lowest BCUT2D eigenvalue weighted by Gasteiger charge is -2.20. The van der Waals surface area contributed by atoms with E-state index < -0.39 is 40.2 Å². The highest BCUT2D eigenvalue weighted by atomic mass is 32.2. The Hall–Kier alpha value is -1.11. The maximum absolute atomic E-state index is 10.9. The third-order valence-corrected chi connectivity index (χ3v) is 2.23. The highest BCUT2D eigenvalue weighted by molar-refractivity contribution is 7.90. The van der Waals surface area contributed by atoms with Crippen LogP contribution in [-0.2, 0) is 28.9 Å². The van der Waals surface area contributed by atoms with Gasteiger partial charge in [0.1, 0.15) is 0 Å². The van der Waals surface area contributed by atoms with Gasteiger partial charge in [-0.3, -0.25) is 0 Å². The highest BCUT2D eigenvalue weighted by Crippen LogP contribution is 2.06. The fourth-order valence-electron chi connectivity index (χ4n) is 0.841. The maximum Gasteiger partial charge on any atom is 0.349 e. The molecule has 1 atom stereocenters. The van der Waals surface area contributed by atoms with Crippen LogP contribution in [0.3, 0.4) is 0 Å². The van der Waals surface area contributed by atoms with Gasteiger partial charge < -0.3 is 9.47 Å². The van der Waals surface area contributed by atoms with Gasteiger partial charge in [0.2, 0.25) is 6.10 Å². The number of esters is 2. The van der Waals surface area contributed by atoms with Gasteiger partial charge in [0.25, 0.3) is 0 Å². The first-order valence-corrected chi connectivity index (χ1v) is 5.48. The Bertz CT molecular complexity index is 329. The summed E-state index contributed by atoms with van der Waals surface area (Å²) < 4.78 is 30.4. The van der Waals surface area contributed by atoms with Crippen LogP contribution in [0.15, 0.2) is 0 Å². The van der Waals surface area contributed by atoms with Gasteiger partial charge in [-0.15, -0.1) is 0 Å². The molecule has 1 aliphatic heterocycles. The Labute approximate surface area is 74.7 Å². The minimum absolute atomic E-state index is 0.445. The first-order chi connectivity index (χ1) is 5.88. The Kier molecular flexibility index (Phi) is 2.55. The van der Waals surface area contributed by atoms with Crippen molar-refractivity contribution in [2.75, 3.05) is 18.6 Å². The lowest BCUT2D eigenvalue weighted by Crippen LogP contribution is -2.41. The van der Waals surface area contributed by atoms with Crippen molar-refractivity contribution >= 4 is 21.8 Å². The Morgan fingerprint density at radius 3 is 2.62 bits per heavy atom. The fraction of sp³-hybridized carbons (Fsp3) is 0.667. The summed E-state index contributed by atoms with van der Waals surface area (Å²) in [7, 11) is -3.36. The SMILES string of the molecule is CS(=O)(=O)CC1OC(=O)COC1=O. The average molecular weight is 208 g/mol. The molecule has 0 saturated carbocycles. The summed E-state index contributed by atoms with van der Waals surface area (Å²) >= 11 is 0. The molecule has 0 bridgehead atoms. The van der Waals surface area contributed by atoms with Gasteiger partial charge in [-0.05, 0) is 0 Å². The molecule has 1 rings (SSSR count). The van der Waals surface area contributed by atoms with E-state index in [1.165, 1.54) is 0 Å². The molecule has 1 saturated heterocycles. The molecule has 0 aliphatic carbocycles. The molecule has 0 aromatic rings. The number of rotatable bonds is 2. The van der Waals surface area contributed by atoms with E-state index in [0.29, 0.717) is 0 Å². The Morgan fingerprint density at radius 1 is 1.46 bits per heavy atom. The predicted octanol–water partition coefficient (Wildman–Crippen LogP) is -1.50. The van der Waals surface area contributed by atoms with E-state index in [1.54, 1.807) is 0 Å². The quantitative estimate of drug-likeness (QED) is 0.513. The number of cyclic esters (lactones) is 2. The zero-order valence-corrected chi connectivity index (χ0v) is 7.67. The number of hydrogen-bond acceptors (Lipinski definition) is 6. The summed E-state index contributed by atoms with van der Waals surface area (Å²) in [5.41, 5.74) is 0. The molecule has 0 spiro atoms. The molecule has 13 heavy (non-hydrogen) atoms. The standard InChI is InChI=1S/C6H8O6S/c1-13(9,10)3-4-6(8)11-2-5(7)12-4/h4H,2-3H2,1H3. The summed E-state index contributed by atoms with van der Waals surface area (Å²) in [6, 6.07) is 0. The van der Waals surface area contributed by atoms with Crippen LogP contribution in [0.4, 0.5) is 0 Å². The highest BCUT2D eigenvalue weighted by Gasteiger charge is 2.33. The molecule has 1 fully saturated rings. The van der Waals surface area contributed by atoms with Crippen molar-refractivity contribution in [2.45, 2.75) is 6.10 Å². The molecule has 0 aromatic carbocycles. The summed E-state index contributed by atoms with van der Waals surface area (Å²) in [5, 5.41) is 0. The Morgan fingerprint density at radius 2 is 2.08 bits per heavy atom. The van der Waals surface area contributed by atoms with Crippen LogP contribution in [-0.4, -0.2) is 45.1 Å². The molecule has 6 nitrogen and oxygen atoms in total. The molecule has 0 N–H and O–H groups in total. The van der Waals surface area contributed by atoms with Gasteiger partial charge in [0, 0.05) is 6.26 Å². The van der Waals surface area contributed by atoms with Crippen LogP contribution in [0.2, 0.25) is 0 Å². The van der Waals surface area contributed by atoms with Crippen LogP contribution >= 0.6 is 0 Å². The molecular formula is C6H8O6S. The van der Waals surface area contributed by atoms with Gasteiger partial charge in [-0.25, -0.2) is 18.0 Å². The van der Waals surface area contributed by atoms with E-state index in [0.717, 1.165) is 6.26 Å². The van der Waals surface area contributed by atoms with Crippen molar-refractivity contribution in [3.05, 3.63) is 0 Å². The van der Waals surface area contributed by atoms with Crippen LogP contribution in [0.25, 0.3) is 0 Å². The summed E-state index contributed by atoms with van der Waals surface area (Å²) in [6.07, 6.45) is -0.362. The maximum atomic E-state index is 10.9. The largest absolute Gasteiger partial charge is 0.451 e. The molecule has 1 unspecified atom stereocenters. The Balaban J connectivity index is 2.67. The molecule has 74 valence electrons. The molecule has 0 amide bonds. The van der Waals surface area contributed by atoms with Crippen molar-refractivity contribution in [2.24, 2.45) is 0 Å². The summed E-state index contributed by atoms with van der Waals surface area (Å²) in [4.78, 5) is 21.5. The van der Waals surface area contributed by atoms with E-state index in [2.05, 4.69) is 9.47 Å². The summed E-state index contributed by atoms with van der Waals surface area (Å²) in [6.45, 7) is -0.445. The fourth-order valence-corrected chi connectivity index (χ4v) is 1.59. The molecule has 0 radical (unpaired) electrons. The molecule has 0 aromatic heterocycles. The third kappa shape index (κ3) is 3.02. The normalized spacial score (nSPS) is 23.6. The van der Waals surface area contributed by atoms with E-state index in [4.69, 9.17) is 0 Å². The lowest BCUT2D eigenvalue weighted by atomic mass is 10.4. The smallest absolute Gasteiger partial charge is 0.349 e. The number of carbonyl (C=O) groups excluding carboxylic acids is 2. The minimum atomic E-state index is -3.36. The molecule has 7 heteroatoms. The minimum Gasteiger partial charge on any atom is -0.451 e. The van der Waals surface area contributed by atoms with Crippen molar-refractivity contribution in [3.63, 3.8) is 0 Å². The van der Waals surface area contributed by atoms with Crippen molar-refractivity contribution in [3.8, 4) is 0 Å². The summed E-state index contributed by atoms with van der Waals surface area (Å²) in [5.74, 6) is -2.07. The third-order valence-electron chi connectivity index (χ3n) is 1.32. The zero-order valence-electron chi connectivity index (χ0n) is 6.85. The number of hydrogen-bond donors (Lipinski definition) is 0. The van der Waals surface area contributed by atoms with Gasteiger partial charge >= 0.3 is 11.9 Å². The van der Waals surface area contributed by atoms with Gasteiger partial charge in [-0.1, -0.05) is 0 Å². The topological polar surface area (TPSA) is 86.7 Å². The van der Waals surface area contributed by atoms with Crippen LogP contribution in [0.5, 0.6) is 0 Å². The molecule has 1 heterocycles. The zero-order chi connectivity index (χ0) is 10.1. The average Bonchev–Trinajstić information content (AvgIpc) is 1.94. The lowest BCUT2D eigenvalue weighted by molar-refractivity contribution is -0.182. The van der Waals surface area contributed by atoms with Gasteiger partial charge in [-0.2, -0.15) is 0 Å². The van der Waals surface area contributed by atoms with Crippen LogP contribution in [0.1, 0.15) is 0 Å². The first-order valence-electron chi connectivity index (χ1n) is 3.42. The number of sulfone groups is 1. The molecular weight excluding hydrogens is 200 g/mol. The van der Waals surface area contributed by atoms with Crippen LogP contribution in [0, 0.1) is 0 Å². The van der Waals surface area contributed by atoms with E-state index in [1.807, 2.05) is 0 Å². The van der Waals surface area contributed by atoms with Crippen LogP contribution < -0.4 is 0 Å². The van der Waals surface area contributed by atoms with E-state index in [9.17, 15) is 18.0 Å². The predicted molar refractivity (Wildman–Crippen MR) is 40.5 cm³/mol. The van der Waals surface area contributed by atoms with Crippen molar-refractivity contribution < 1.29 is 27.5 Å². The second kappa shape index (κ2) is 3.33. The molecule has 1 aliphatic rings. The first kappa shape index (κ1) is 9.97. The van der Waals surface area contributed by atoms with Crippen molar-refractivity contribution in [1.82, 2.24) is 0 Å². The number of ether oxygens (including phenoxy) is 2. The second-order valence-corrected chi connectivity index (χ2v) is 4.86. The van der Waals surface area contributed by atoms with E-state index >= 15 is 0 Å². The van der Waals surface area contributed by atoms with Gasteiger partial charge in [0.05, 0.1) is 5.75 Å². The monoisotopic (exact) mass is 208 g/mol. The second-order valence-electron chi connectivity index (χ2n) is 2.68. The number of carbonyl (C=O) groups is 2. The van der Waals surface area contributed by atoms with E-state index in [-0.39, 0.29) is 0 Å². The van der Waals surface area contributed by atoms with Gasteiger partial charge in [0.15, 0.2) is 16.4 Å². The van der Waals surface area contributed by atoms with Crippen molar-refractivity contribution in [1.29, 1.82) is 0 Å².